The second-order valence-electron chi connectivity index (χ2n) is 7.14. The summed E-state index contributed by atoms with van der Waals surface area (Å²) in [4.78, 5) is 0. The SMILES string of the molecule is CC.CCC(CC)(CC)COC(C)c1ccc2c(OC)c(OC)c(OC)cc2c1. The lowest BCUT2D eigenvalue weighted by molar-refractivity contribution is -0.00858. The van der Waals surface area contributed by atoms with Crippen LogP contribution in [-0.2, 0) is 4.74 Å². The van der Waals surface area contributed by atoms with E-state index < -0.39 is 0 Å². The van der Waals surface area contributed by atoms with Gasteiger partial charge in [-0.15, -0.1) is 0 Å². The lowest BCUT2D eigenvalue weighted by atomic mass is 9.81. The molecule has 29 heavy (non-hydrogen) atoms. The van der Waals surface area contributed by atoms with Crippen LogP contribution >= 0.6 is 0 Å². The van der Waals surface area contributed by atoms with Crippen LogP contribution in [0.1, 0.15) is 72.5 Å². The smallest absolute Gasteiger partial charge is 0.203 e. The first-order valence-corrected chi connectivity index (χ1v) is 10.8. The minimum Gasteiger partial charge on any atom is -0.493 e. The van der Waals surface area contributed by atoms with Crippen LogP contribution in [0.3, 0.4) is 0 Å². The molecule has 1 unspecified atom stereocenters. The van der Waals surface area contributed by atoms with Crippen molar-refractivity contribution in [3.8, 4) is 17.2 Å². The van der Waals surface area contributed by atoms with Gasteiger partial charge in [-0.25, -0.2) is 0 Å². The summed E-state index contributed by atoms with van der Waals surface area (Å²) in [5.41, 5.74) is 1.42. The molecule has 0 saturated heterocycles. The molecule has 0 heterocycles. The van der Waals surface area contributed by atoms with E-state index in [9.17, 15) is 0 Å². The first-order valence-electron chi connectivity index (χ1n) is 10.8. The molecule has 4 nitrogen and oxygen atoms in total. The number of ether oxygens (including phenoxy) is 4. The number of rotatable bonds is 10. The van der Waals surface area contributed by atoms with Crippen molar-refractivity contribution < 1.29 is 18.9 Å². The Balaban J connectivity index is 0.00000204. The number of hydrogen-bond donors (Lipinski definition) is 0. The van der Waals surface area contributed by atoms with Gasteiger partial charge in [-0.1, -0.05) is 46.8 Å². The van der Waals surface area contributed by atoms with Gasteiger partial charge in [-0.05, 0) is 54.7 Å². The van der Waals surface area contributed by atoms with Crippen LogP contribution in [0.25, 0.3) is 10.8 Å². The van der Waals surface area contributed by atoms with Gasteiger partial charge in [0.05, 0.1) is 34.0 Å². The largest absolute Gasteiger partial charge is 0.493 e. The third-order valence-electron chi connectivity index (χ3n) is 6.02. The maximum absolute atomic E-state index is 6.29. The van der Waals surface area contributed by atoms with Crippen molar-refractivity contribution in [2.45, 2.75) is 66.9 Å². The zero-order valence-corrected chi connectivity index (χ0v) is 19.8. The van der Waals surface area contributed by atoms with E-state index in [1.807, 2.05) is 19.9 Å². The zero-order valence-electron chi connectivity index (χ0n) is 19.8. The molecule has 0 saturated carbocycles. The number of benzene rings is 2. The van der Waals surface area contributed by atoms with Crippen LogP contribution < -0.4 is 14.2 Å². The lowest BCUT2D eigenvalue weighted by Gasteiger charge is -2.31. The molecule has 0 aliphatic heterocycles. The minimum atomic E-state index is 0.0255. The van der Waals surface area contributed by atoms with Crippen LogP contribution in [0.15, 0.2) is 24.3 Å². The lowest BCUT2D eigenvalue weighted by Crippen LogP contribution is -2.25. The molecular formula is C25H40O4. The van der Waals surface area contributed by atoms with E-state index >= 15 is 0 Å². The average molecular weight is 405 g/mol. The molecule has 0 N–H and O–H groups in total. The Morgan fingerprint density at radius 2 is 1.41 bits per heavy atom. The normalized spacial score (nSPS) is 12.2. The third-order valence-corrected chi connectivity index (χ3v) is 6.02. The van der Waals surface area contributed by atoms with Crippen LogP contribution in [0.5, 0.6) is 17.2 Å². The van der Waals surface area contributed by atoms with Gasteiger partial charge in [0.2, 0.25) is 5.75 Å². The Kier molecular flexibility index (Phi) is 10.3. The van der Waals surface area contributed by atoms with Crippen molar-refractivity contribution in [1.82, 2.24) is 0 Å². The Labute approximate surface area is 177 Å². The molecule has 1 atom stereocenters. The molecule has 0 aromatic heterocycles. The number of hydrogen-bond acceptors (Lipinski definition) is 4. The van der Waals surface area contributed by atoms with Crippen molar-refractivity contribution in [2.24, 2.45) is 5.41 Å². The third kappa shape index (κ3) is 5.57. The Morgan fingerprint density at radius 1 is 0.828 bits per heavy atom. The summed E-state index contributed by atoms with van der Waals surface area (Å²) in [7, 11) is 4.91. The average Bonchev–Trinajstić information content (AvgIpc) is 2.79. The topological polar surface area (TPSA) is 36.9 Å². The van der Waals surface area contributed by atoms with Crippen LogP contribution in [0.4, 0.5) is 0 Å². The van der Waals surface area contributed by atoms with Crippen LogP contribution in [0.2, 0.25) is 0 Å². The second-order valence-corrected chi connectivity index (χ2v) is 7.14. The van der Waals surface area contributed by atoms with E-state index in [0.29, 0.717) is 17.2 Å². The fourth-order valence-electron chi connectivity index (χ4n) is 3.60. The molecule has 0 amide bonds. The van der Waals surface area contributed by atoms with Gasteiger partial charge in [0.25, 0.3) is 0 Å². The predicted octanol–water partition coefficient (Wildman–Crippen LogP) is 7.19. The van der Waals surface area contributed by atoms with Gasteiger partial charge in [-0.2, -0.15) is 0 Å². The standard InChI is InChI=1S/C23H34O4.C2H6/c1-8-23(9-2,10-3)15-27-16(4)17-11-12-19-18(13-17)14-20(24-5)22(26-7)21(19)25-6;1-2/h11-14,16H,8-10,15H2,1-7H3;1-2H3. The van der Waals surface area contributed by atoms with E-state index in [-0.39, 0.29) is 11.5 Å². The Hall–Kier alpha value is -1.94. The maximum Gasteiger partial charge on any atom is 0.203 e. The first kappa shape index (κ1) is 25.1. The minimum absolute atomic E-state index is 0.0255. The van der Waals surface area contributed by atoms with E-state index in [2.05, 4.69) is 45.9 Å². The maximum atomic E-state index is 6.29. The van der Waals surface area contributed by atoms with Gasteiger partial charge in [0.1, 0.15) is 0 Å². The van der Waals surface area contributed by atoms with Crippen molar-refractivity contribution >= 4 is 10.8 Å². The van der Waals surface area contributed by atoms with Gasteiger partial charge in [0, 0.05) is 5.39 Å². The Morgan fingerprint density at radius 3 is 1.90 bits per heavy atom. The molecule has 2 rings (SSSR count). The number of fused-ring (bicyclic) bond motifs is 1. The summed E-state index contributed by atoms with van der Waals surface area (Å²) in [6.07, 6.45) is 3.44. The molecule has 0 radical (unpaired) electrons. The molecule has 164 valence electrons. The molecule has 0 spiro atoms. The fraction of sp³-hybridized carbons (Fsp3) is 0.600. The van der Waals surface area contributed by atoms with E-state index in [1.54, 1.807) is 21.3 Å². The van der Waals surface area contributed by atoms with E-state index in [0.717, 1.165) is 42.2 Å². The van der Waals surface area contributed by atoms with Crippen molar-refractivity contribution in [3.63, 3.8) is 0 Å². The van der Waals surface area contributed by atoms with E-state index in [4.69, 9.17) is 18.9 Å². The highest BCUT2D eigenvalue weighted by atomic mass is 16.5. The highest BCUT2D eigenvalue weighted by Crippen LogP contribution is 2.44. The van der Waals surface area contributed by atoms with Gasteiger partial charge in [-0.3, -0.25) is 0 Å². The van der Waals surface area contributed by atoms with Crippen LogP contribution in [0, 0.1) is 5.41 Å². The predicted molar refractivity (Wildman–Crippen MR) is 123 cm³/mol. The van der Waals surface area contributed by atoms with E-state index in [1.165, 1.54) is 0 Å². The summed E-state index contributed by atoms with van der Waals surface area (Å²) in [5, 5.41) is 2.04. The summed E-state index contributed by atoms with van der Waals surface area (Å²) < 4.78 is 22.8. The summed E-state index contributed by atoms with van der Waals surface area (Å²) in [5.74, 6) is 1.96. The van der Waals surface area contributed by atoms with Gasteiger partial charge < -0.3 is 18.9 Å². The molecule has 2 aromatic rings. The second kappa shape index (κ2) is 11.9. The molecular weight excluding hydrogens is 364 g/mol. The van der Waals surface area contributed by atoms with Crippen molar-refractivity contribution in [3.05, 3.63) is 29.8 Å². The molecule has 2 aromatic carbocycles. The highest BCUT2D eigenvalue weighted by Gasteiger charge is 2.25. The highest BCUT2D eigenvalue weighted by molar-refractivity contribution is 5.93. The van der Waals surface area contributed by atoms with Crippen molar-refractivity contribution in [1.29, 1.82) is 0 Å². The Bertz CT molecular complexity index is 742. The summed E-state index contributed by atoms with van der Waals surface area (Å²) in [6, 6.07) is 8.31. The van der Waals surface area contributed by atoms with Crippen LogP contribution in [-0.4, -0.2) is 27.9 Å². The number of methoxy groups -OCH3 is 3. The molecule has 4 heteroatoms. The molecule has 0 fully saturated rings. The van der Waals surface area contributed by atoms with Gasteiger partial charge >= 0.3 is 0 Å². The zero-order chi connectivity index (χ0) is 22.0. The quantitative estimate of drug-likeness (QED) is 0.420. The first-order chi connectivity index (χ1) is 14.0. The van der Waals surface area contributed by atoms with Crippen molar-refractivity contribution in [2.75, 3.05) is 27.9 Å². The summed E-state index contributed by atoms with van der Waals surface area (Å²) in [6.45, 7) is 13.7. The van der Waals surface area contributed by atoms with Gasteiger partial charge in [0.15, 0.2) is 11.5 Å². The molecule has 0 aliphatic rings. The molecule has 0 aliphatic carbocycles. The fourth-order valence-corrected chi connectivity index (χ4v) is 3.60. The summed E-state index contributed by atoms with van der Waals surface area (Å²) >= 11 is 0. The monoisotopic (exact) mass is 404 g/mol. The molecule has 0 bridgehead atoms.